The number of methoxy groups -OCH3 is 1. The Kier molecular flexibility index (Phi) is 4.66. The zero-order chi connectivity index (χ0) is 11.4. The molecule has 0 amide bonds. The molecule has 0 spiro atoms. The minimum absolute atomic E-state index is 0.481. The lowest BCUT2D eigenvalue weighted by Gasteiger charge is -2.32. The number of ether oxygens (including phenoxy) is 1. The van der Waals surface area contributed by atoms with Crippen molar-refractivity contribution >= 4 is 0 Å². The Morgan fingerprint density at radius 2 is 1.81 bits per heavy atom. The normalized spacial score (nSPS) is 25.9. The monoisotopic (exact) mass is 225 g/mol. The zero-order valence-electron chi connectivity index (χ0n) is 10.9. The van der Waals surface area contributed by atoms with Crippen LogP contribution < -0.4 is 5.32 Å². The van der Waals surface area contributed by atoms with E-state index in [-0.39, 0.29) is 0 Å². The van der Waals surface area contributed by atoms with E-state index in [0.717, 1.165) is 18.4 Å². The number of hydrogen-bond donors (Lipinski definition) is 1. The Labute approximate surface area is 100 Å². The molecule has 2 nitrogen and oxygen atoms in total. The minimum Gasteiger partial charge on any atom is -0.380 e. The van der Waals surface area contributed by atoms with E-state index in [1.54, 1.807) is 0 Å². The van der Waals surface area contributed by atoms with Crippen LogP contribution in [0.3, 0.4) is 0 Å². The summed E-state index contributed by atoms with van der Waals surface area (Å²) in [5.74, 6) is 1.72. The van der Waals surface area contributed by atoms with E-state index in [1.165, 1.54) is 44.9 Å². The largest absolute Gasteiger partial charge is 0.380 e. The molecular formula is C14H27NO. The topological polar surface area (TPSA) is 21.3 Å². The van der Waals surface area contributed by atoms with E-state index in [2.05, 4.69) is 12.2 Å². The lowest BCUT2D eigenvalue weighted by atomic mass is 9.91. The van der Waals surface area contributed by atoms with E-state index in [1.807, 2.05) is 7.11 Å². The summed E-state index contributed by atoms with van der Waals surface area (Å²) in [6.45, 7) is 3.39. The van der Waals surface area contributed by atoms with Gasteiger partial charge in [-0.25, -0.2) is 0 Å². The molecule has 0 aromatic carbocycles. The van der Waals surface area contributed by atoms with Crippen LogP contribution in [0, 0.1) is 11.8 Å². The molecule has 0 heterocycles. The van der Waals surface area contributed by atoms with Gasteiger partial charge in [0.25, 0.3) is 0 Å². The Morgan fingerprint density at radius 1 is 1.12 bits per heavy atom. The van der Waals surface area contributed by atoms with Crippen LogP contribution in [0.4, 0.5) is 0 Å². The molecule has 2 rings (SSSR count). The third kappa shape index (κ3) is 2.98. The van der Waals surface area contributed by atoms with Crippen molar-refractivity contribution in [2.75, 3.05) is 13.7 Å². The quantitative estimate of drug-likeness (QED) is 0.719. The van der Waals surface area contributed by atoms with E-state index in [9.17, 15) is 0 Å². The molecule has 2 fully saturated rings. The van der Waals surface area contributed by atoms with E-state index in [4.69, 9.17) is 4.74 Å². The third-order valence-electron chi connectivity index (χ3n) is 4.25. The van der Waals surface area contributed by atoms with Crippen LogP contribution in [0.1, 0.15) is 51.9 Å². The molecule has 0 bridgehead atoms. The van der Waals surface area contributed by atoms with Crippen LogP contribution in [0.5, 0.6) is 0 Å². The standard InChI is InChI=1S/C14H27NO/c1-3-10-15-13(11-6-4-5-7-11)14(16-2)12-8-9-12/h11-15H,3-10H2,1-2H3. The summed E-state index contributed by atoms with van der Waals surface area (Å²) in [6, 6.07) is 0.625. The van der Waals surface area contributed by atoms with Crippen LogP contribution in [0.15, 0.2) is 0 Å². The second-order valence-electron chi connectivity index (χ2n) is 5.56. The maximum absolute atomic E-state index is 5.78. The molecule has 16 heavy (non-hydrogen) atoms. The first-order chi connectivity index (χ1) is 7.86. The Morgan fingerprint density at radius 3 is 2.31 bits per heavy atom. The average Bonchev–Trinajstić information content (AvgIpc) is 2.99. The summed E-state index contributed by atoms with van der Waals surface area (Å²) in [7, 11) is 1.90. The third-order valence-corrected chi connectivity index (χ3v) is 4.25. The predicted molar refractivity (Wildman–Crippen MR) is 67.6 cm³/mol. The van der Waals surface area contributed by atoms with Crippen molar-refractivity contribution in [2.45, 2.75) is 64.0 Å². The fourth-order valence-corrected chi connectivity index (χ4v) is 3.24. The molecule has 2 saturated carbocycles. The van der Waals surface area contributed by atoms with Gasteiger partial charge < -0.3 is 10.1 Å². The van der Waals surface area contributed by atoms with E-state index in [0.29, 0.717) is 12.1 Å². The van der Waals surface area contributed by atoms with E-state index >= 15 is 0 Å². The molecule has 2 heteroatoms. The van der Waals surface area contributed by atoms with Gasteiger partial charge in [-0.2, -0.15) is 0 Å². The maximum Gasteiger partial charge on any atom is 0.0755 e. The van der Waals surface area contributed by atoms with Crippen molar-refractivity contribution in [3.63, 3.8) is 0 Å². The fourth-order valence-electron chi connectivity index (χ4n) is 3.24. The van der Waals surface area contributed by atoms with Gasteiger partial charge in [-0.3, -0.25) is 0 Å². The molecule has 0 saturated heterocycles. The van der Waals surface area contributed by atoms with Crippen molar-refractivity contribution in [3.8, 4) is 0 Å². The zero-order valence-corrected chi connectivity index (χ0v) is 10.9. The van der Waals surface area contributed by atoms with Crippen LogP contribution in [-0.4, -0.2) is 25.8 Å². The van der Waals surface area contributed by atoms with Crippen LogP contribution in [-0.2, 0) is 4.74 Å². The van der Waals surface area contributed by atoms with Gasteiger partial charge in [0.1, 0.15) is 0 Å². The van der Waals surface area contributed by atoms with Gasteiger partial charge in [-0.1, -0.05) is 19.8 Å². The average molecular weight is 225 g/mol. The lowest BCUT2D eigenvalue weighted by Crippen LogP contribution is -2.47. The van der Waals surface area contributed by atoms with E-state index < -0.39 is 0 Å². The Hall–Kier alpha value is -0.0800. The van der Waals surface area contributed by atoms with Crippen molar-refractivity contribution in [1.29, 1.82) is 0 Å². The van der Waals surface area contributed by atoms with Gasteiger partial charge in [0.2, 0.25) is 0 Å². The molecule has 0 aliphatic heterocycles. The molecule has 0 radical (unpaired) electrons. The molecule has 1 N–H and O–H groups in total. The Bertz CT molecular complexity index is 197. The highest BCUT2D eigenvalue weighted by Gasteiger charge is 2.40. The lowest BCUT2D eigenvalue weighted by molar-refractivity contribution is 0.0320. The van der Waals surface area contributed by atoms with Crippen LogP contribution >= 0.6 is 0 Å². The summed E-state index contributed by atoms with van der Waals surface area (Å²) in [6.07, 6.45) is 10.2. The first-order valence-corrected chi connectivity index (χ1v) is 7.13. The molecule has 2 unspecified atom stereocenters. The molecule has 94 valence electrons. The molecule has 0 aromatic heterocycles. The first-order valence-electron chi connectivity index (χ1n) is 7.13. The maximum atomic E-state index is 5.78. The van der Waals surface area contributed by atoms with Gasteiger partial charge in [-0.15, -0.1) is 0 Å². The van der Waals surface area contributed by atoms with Crippen LogP contribution in [0.2, 0.25) is 0 Å². The fraction of sp³-hybridized carbons (Fsp3) is 1.00. The summed E-state index contributed by atoms with van der Waals surface area (Å²) in [4.78, 5) is 0. The van der Waals surface area contributed by atoms with Crippen molar-refractivity contribution in [2.24, 2.45) is 11.8 Å². The second kappa shape index (κ2) is 6.02. The number of hydrogen-bond acceptors (Lipinski definition) is 2. The van der Waals surface area contributed by atoms with Crippen molar-refractivity contribution in [3.05, 3.63) is 0 Å². The molecule has 2 atom stereocenters. The molecule has 0 aromatic rings. The minimum atomic E-state index is 0.481. The van der Waals surface area contributed by atoms with Crippen molar-refractivity contribution in [1.82, 2.24) is 5.32 Å². The van der Waals surface area contributed by atoms with Gasteiger partial charge in [0.15, 0.2) is 0 Å². The highest BCUT2D eigenvalue weighted by Crippen LogP contribution is 2.40. The van der Waals surface area contributed by atoms with Gasteiger partial charge >= 0.3 is 0 Å². The highest BCUT2D eigenvalue weighted by atomic mass is 16.5. The highest BCUT2D eigenvalue weighted by molar-refractivity contribution is 4.94. The summed E-state index contributed by atoms with van der Waals surface area (Å²) in [5, 5.41) is 3.76. The molecule has 2 aliphatic rings. The predicted octanol–water partition coefficient (Wildman–Crippen LogP) is 2.97. The van der Waals surface area contributed by atoms with Crippen LogP contribution in [0.25, 0.3) is 0 Å². The van der Waals surface area contributed by atoms with Gasteiger partial charge in [0, 0.05) is 13.2 Å². The number of nitrogens with one attached hydrogen (secondary N) is 1. The summed E-state index contributed by atoms with van der Waals surface area (Å²) < 4.78 is 5.78. The Balaban J connectivity index is 1.93. The summed E-state index contributed by atoms with van der Waals surface area (Å²) in [5.41, 5.74) is 0. The smallest absolute Gasteiger partial charge is 0.0755 e. The SMILES string of the molecule is CCCNC(C1CCCC1)C(OC)C1CC1. The van der Waals surface area contributed by atoms with Gasteiger partial charge in [0.05, 0.1) is 6.10 Å². The van der Waals surface area contributed by atoms with Crippen molar-refractivity contribution < 1.29 is 4.74 Å². The van der Waals surface area contributed by atoms with Gasteiger partial charge in [-0.05, 0) is 50.5 Å². The molecule has 2 aliphatic carbocycles. The second-order valence-corrected chi connectivity index (χ2v) is 5.56. The first kappa shape index (κ1) is 12.4. The molecular weight excluding hydrogens is 198 g/mol. The number of rotatable bonds is 7. The summed E-state index contributed by atoms with van der Waals surface area (Å²) >= 11 is 0.